The van der Waals surface area contributed by atoms with Crippen LogP contribution < -0.4 is 0 Å². The van der Waals surface area contributed by atoms with Gasteiger partial charge in [0, 0.05) is 5.56 Å². The molecule has 0 aliphatic heterocycles. The van der Waals surface area contributed by atoms with E-state index in [-0.39, 0.29) is 0 Å². The minimum Gasteiger partial charge on any atom is -0.233 e. The van der Waals surface area contributed by atoms with Crippen LogP contribution in [-0.2, 0) is 0 Å². The zero-order chi connectivity index (χ0) is 16.1. The highest BCUT2D eigenvalue weighted by Crippen LogP contribution is 2.28. The van der Waals surface area contributed by atoms with E-state index in [0.717, 1.165) is 11.4 Å². The fraction of sp³-hybridized carbons (Fsp3) is 0.250. The highest BCUT2D eigenvalue weighted by molar-refractivity contribution is 5.66. The maximum Gasteiger partial charge on any atom is 0.0772 e. The fourth-order valence-electron chi connectivity index (χ4n) is 2.41. The Hall–Kier alpha value is -2.35. The Morgan fingerprint density at radius 2 is 1.36 bits per heavy atom. The molecule has 0 aliphatic rings. The van der Waals surface area contributed by atoms with Crippen LogP contribution in [0.2, 0.25) is 0 Å². The molecule has 2 heteroatoms. The van der Waals surface area contributed by atoms with Gasteiger partial charge in [-0.25, -0.2) is 4.68 Å². The predicted molar refractivity (Wildman–Crippen MR) is 94.6 cm³/mol. The van der Waals surface area contributed by atoms with Crippen molar-refractivity contribution in [2.45, 2.75) is 34.6 Å². The van der Waals surface area contributed by atoms with Crippen LogP contribution in [0.3, 0.4) is 0 Å². The number of aryl methyl sites for hydroxylation is 2. The molecule has 0 aliphatic carbocycles. The Balaban J connectivity index is 0.000000847. The van der Waals surface area contributed by atoms with E-state index in [1.165, 1.54) is 22.4 Å². The van der Waals surface area contributed by atoms with Gasteiger partial charge in [-0.05, 0) is 38.5 Å². The van der Waals surface area contributed by atoms with Crippen molar-refractivity contribution in [2.75, 3.05) is 0 Å². The van der Waals surface area contributed by atoms with E-state index in [9.17, 15) is 0 Å². The molecule has 0 N–H and O–H groups in total. The largest absolute Gasteiger partial charge is 0.233 e. The number of aromatic nitrogens is 2. The van der Waals surface area contributed by atoms with Crippen LogP contribution in [0.4, 0.5) is 0 Å². The maximum atomic E-state index is 4.70. The zero-order valence-corrected chi connectivity index (χ0v) is 14.1. The first-order valence-corrected chi connectivity index (χ1v) is 7.85. The minimum absolute atomic E-state index is 1.07. The van der Waals surface area contributed by atoms with Gasteiger partial charge in [0.1, 0.15) is 0 Å². The summed E-state index contributed by atoms with van der Waals surface area (Å²) in [5, 5.41) is 4.70. The zero-order valence-electron chi connectivity index (χ0n) is 14.1. The molecule has 0 amide bonds. The molecule has 114 valence electrons. The number of rotatable bonds is 2. The molecule has 0 saturated carbocycles. The normalized spacial score (nSPS) is 10.0. The summed E-state index contributed by atoms with van der Waals surface area (Å²) in [6.07, 6.45) is 0. The van der Waals surface area contributed by atoms with Crippen molar-refractivity contribution in [3.05, 3.63) is 71.4 Å². The average molecular weight is 292 g/mol. The monoisotopic (exact) mass is 292 g/mol. The van der Waals surface area contributed by atoms with Crippen LogP contribution in [0.15, 0.2) is 54.6 Å². The van der Waals surface area contributed by atoms with Gasteiger partial charge in [0.15, 0.2) is 0 Å². The highest BCUT2D eigenvalue weighted by Gasteiger charge is 2.14. The summed E-state index contributed by atoms with van der Waals surface area (Å²) in [6, 6.07) is 18.9. The van der Waals surface area contributed by atoms with Crippen LogP contribution >= 0.6 is 0 Å². The first kappa shape index (κ1) is 16.0. The minimum atomic E-state index is 1.07. The Morgan fingerprint density at radius 1 is 0.773 bits per heavy atom. The van der Waals surface area contributed by atoms with E-state index in [4.69, 9.17) is 5.10 Å². The third-order valence-corrected chi connectivity index (χ3v) is 3.69. The van der Waals surface area contributed by atoms with Crippen molar-refractivity contribution in [2.24, 2.45) is 0 Å². The Kier molecular flexibility index (Phi) is 5.16. The summed E-state index contributed by atoms with van der Waals surface area (Å²) < 4.78 is 2.04. The number of hydrogen-bond acceptors (Lipinski definition) is 1. The molecule has 0 unspecified atom stereocenters. The van der Waals surface area contributed by atoms with Crippen LogP contribution in [-0.4, -0.2) is 9.78 Å². The lowest BCUT2D eigenvalue weighted by Crippen LogP contribution is -1.99. The molecule has 3 aromatic rings. The second-order valence-corrected chi connectivity index (χ2v) is 5.17. The Bertz CT molecular complexity index is 722. The number of benzene rings is 2. The number of hydrogen-bond donors (Lipinski definition) is 0. The highest BCUT2D eigenvalue weighted by atomic mass is 15.3. The van der Waals surface area contributed by atoms with Crippen molar-refractivity contribution in [1.29, 1.82) is 0 Å². The van der Waals surface area contributed by atoms with E-state index in [0.29, 0.717) is 0 Å². The van der Waals surface area contributed by atoms with E-state index in [1.54, 1.807) is 0 Å². The lowest BCUT2D eigenvalue weighted by atomic mass is 10.1. The molecule has 22 heavy (non-hydrogen) atoms. The molecule has 0 saturated heterocycles. The van der Waals surface area contributed by atoms with Crippen LogP contribution in [0.25, 0.3) is 16.9 Å². The summed E-state index contributed by atoms with van der Waals surface area (Å²) in [6.45, 7) is 10.3. The van der Waals surface area contributed by atoms with Gasteiger partial charge < -0.3 is 0 Å². The van der Waals surface area contributed by atoms with Crippen LogP contribution in [0.1, 0.15) is 30.7 Å². The molecule has 0 radical (unpaired) electrons. The topological polar surface area (TPSA) is 17.8 Å². The van der Waals surface area contributed by atoms with E-state index >= 15 is 0 Å². The summed E-state index contributed by atoms with van der Waals surface area (Å²) in [7, 11) is 0. The van der Waals surface area contributed by atoms with Crippen molar-refractivity contribution in [3.63, 3.8) is 0 Å². The van der Waals surface area contributed by atoms with Gasteiger partial charge in [0.05, 0.1) is 17.1 Å². The summed E-state index contributed by atoms with van der Waals surface area (Å²) in [4.78, 5) is 0. The van der Waals surface area contributed by atoms with Crippen molar-refractivity contribution < 1.29 is 0 Å². The van der Waals surface area contributed by atoms with Gasteiger partial charge in [0.2, 0.25) is 0 Å². The first-order chi connectivity index (χ1) is 10.7. The van der Waals surface area contributed by atoms with Crippen molar-refractivity contribution in [3.8, 4) is 16.9 Å². The van der Waals surface area contributed by atoms with Gasteiger partial charge >= 0.3 is 0 Å². The lowest BCUT2D eigenvalue weighted by molar-refractivity contribution is 0.869. The third kappa shape index (κ3) is 3.11. The van der Waals surface area contributed by atoms with E-state index in [1.807, 2.05) is 24.6 Å². The Morgan fingerprint density at radius 3 is 1.95 bits per heavy atom. The molecule has 0 atom stereocenters. The Labute approximate surface area is 133 Å². The molecule has 2 nitrogen and oxygen atoms in total. The van der Waals surface area contributed by atoms with Gasteiger partial charge in [0.25, 0.3) is 0 Å². The third-order valence-electron chi connectivity index (χ3n) is 3.69. The summed E-state index contributed by atoms with van der Waals surface area (Å²) in [5.41, 5.74) is 7.04. The predicted octanol–water partition coefficient (Wildman–Crippen LogP) is 5.49. The first-order valence-electron chi connectivity index (χ1n) is 7.85. The van der Waals surface area contributed by atoms with E-state index in [2.05, 4.69) is 69.3 Å². The molecular formula is C20H24N2. The smallest absolute Gasteiger partial charge is 0.0772 e. The van der Waals surface area contributed by atoms with Gasteiger partial charge in [-0.3, -0.25) is 0 Å². The standard InChI is InChI=1S/C18H18N2.C2H6/c1-13-9-11-17(12-10-13)20-18(14(2)15(3)19-20)16-7-5-4-6-8-16;1-2/h4-12H,1-3H3;1-2H3. The van der Waals surface area contributed by atoms with Crippen LogP contribution in [0.5, 0.6) is 0 Å². The summed E-state index contributed by atoms with van der Waals surface area (Å²) in [5.74, 6) is 0. The number of nitrogens with zero attached hydrogens (tertiary/aromatic N) is 2. The van der Waals surface area contributed by atoms with Crippen molar-refractivity contribution >= 4 is 0 Å². The van der Waals surface area contributed by atoms with Gasteiger partial charge in [-0.2, -0.15) is 5.10 Å². The second-order valence-electron chi connectivity index (χ2n) is 5.17. The molecule has 1 heterocycles. The fourth-order valence-corrected chi connectivity index (χ4v) is 2.41. The molecule has 0 bridgehead atoms. The van der Waals surface area contributed by atoms with Crippen molar-refractivity contribution in [1.82, 2.24) is 9.78 Å². The lowest BCUT2D eigenvalue weighted by Gasteiger charge is -2.09. The molecule has 2 aromatic carbocycles. The quantitative estimate of drug-likeness (QED) is 0.610. The second kappa shape index (κ2) is 7.08. The van der Waals surface area contributed by atoms with E-state index < -0.39 is 0 Å². The molecular weight excluding hydrogens is 268 g/mol. The summed E-state index contributed by atoms with van der Waals surface area (Å²) >= 11 is 0. The van der Waals surface area contributed by atoms with Crippen LogP contribution in [0, 0.1) is 20.8 Å². The molecule has 0 fully saturated rings. The van der Waals surface area contributed by atoms with Gasteiger partial charge in [-0.15, -0.1) is 0 Å². The SMILES string of the molecule is CC.Cc1ccc(-n2nc(C)c(C)c2-c2ccccc2)cc1. The van der Waals surface area contributed by atoms with Gasteiger partial charge in [-0.1, -0.05) is 61.9 Å². The molecule has 0 spiro atoms. The average Bonchev–Trinajstić information content (AvgIpc) is 2.86. The maximum absolute atomic E-state index is 4.70. The molecule has 1 aromatic heterocycles. The molecule has 3 rings (SSSR count).